The largest absolute Gasteiger partial charge is 0.494 e. The number of rotatable bonds is 15. The van der Waals surface area contributed by atoms with Gasteiger partial charge in [-0.2, -0.15) is 0 Å². The van der Waals surface area contributed by atoms with Gasteiger partial charge in [0.15, 0.2) is 5.82 Å². The molecule has 0 bridgehead atoms. The number of benzene rings is 1. The Labute approximate surface area is 275 Å². The van der Waals surface area contributed by atoms with Gasteiger partial charge in [0.25, 0.3) is 0 Å². The molecule has 10 nitrogen and oxygen atoms in total. The first-order valence-electron chi connectivity index (χ1n) is 15.0. The molecule has 0 N–H and O–H groups in total. The van der Waals surface area contributed by atoms with E-state index in [-0.39, 0.29) is 13.2 Å². The fourth-order valence-corrected chi connectivity index (χ4v) is 4.06. The lowest BCUT2D eigenvalue weighted by Crippen LogP contribution is -2.09. The molecule has 0 amide bonds. The monoisotopic (exact) mass is 635 g/mol. The van der Waals surface area contributed by atoms with Crippen LogP contribution in [0.15, 0.2) is 74.5 Å². The molecule has 0 spiro atoms. The van der Waals surface area contributed by atoms with Crippen LogP contribution in [-0.4, -0.2) is 45.7 Å². The highest BCUT2D eigenvalue weighted by atomic mass is 16.5. The third-order valence-corrected chi connectivity index (χ3v) is 6.67. The molecule has 3 aromatic rings. The Balaban J connectivity index is 1.65. The Morgan fingerprint density at radius 3 is 2.17 bits per heavy atom. The second-order valence-corrected chi connectivity index (χ2v) is 9.90. The highest BCUT2D eigenvalue weighted by Gasteiger charge is 2.16. The van der Waals surface area contributed by atoms with Crippen molar-refractivity contribution in [2.45, 2.75) is 45.8 Å². The van der Waals surface area contributed by atoms with Crippen LogP contribution in [0, 0.1) is 23.7 Å². The van der Waals surface area contributed by atoms with Crippen molar-refractivity contribution in [3.63, 3.8) is 0 Å². The number of hydrogen-bond donors (Lipinski definition) is 0. The van der Waals surface area contributed by atoms with Crippen molar-refractivity contribution in [1.82, 2.24) is 14.5 Å². The molecular weight excluding hydrogens is 598 g/mol. The smallest absolute Gasteiger partial charge is 0.330 e. The summed E-state index contributed by atoms with van der Waals surface area (Å²) in [7, 11) is 1.73. The molecule has 2 heterocycles. The first-order valence-corrected chi connectivity index (χ1v) is 15.0. The maximum absolute atomic E-state index is 11.6. The van der Waals surface area contributed by atoms with Gasteiger partial charge in [0.05, 0.1) is 18.9 Å². The predicted octanol–water partition coefficient (Wildman–Crippen LogP) is 4.91. The first kappa shape index (κ1) is 35.6. The Kier molecular flexibility index (Phi) is 14.3. The fourth-order valence-electron chi connectivity index (χ4n) is 4.06. The summed E-state index contributed by atoms with van der Waals surface area (Å²) >= 11 is 0. The number of aryl methyl sites for hydroxylation is 1. The normalized spacial score (nSPS) is 9.91. The third-order valence-electron chi connectivity index (χ3n) is 6.67. The summed E-state index contributed by atoms with van der Waals surface area (Å²) < 4.78 is 22.7. The quantitative estimate of drug-likeness (QED) is 0.0754. The molecule has 0 aliphatic rings. The topological polar surface area (TPSA) is 119 Å². The lowest BCUT2D eigenvalue weighted by atomic mass is 10.1. The van der Waals surface area contributed by atoms with Crippen LogP contribution >= 0.6 is 0 Å². The van der Waals surface area contributed by atoms with Gasteiger partial charge in [-0.3, -0.25) is 0 Å². The van der Waals surface area contributed by atoms with E-state index in [1.165, 1.54) is 0 Å². The van der Waals surface area contributed by atoms with Gasteiger partial charge < -0.3 is 23.5 Å². The van der Waals surface area contributed by atoms with Gasteiger partial charge in [-0.1, -0.05) is 38.5 Å². The summed E-state index contributed by atoms with van der Waals surface area (Å²) in [5.74, 6) is 12.0. The second kappa shape index (κ2) is 18.8. The van der Waals surface area contributed by atoms with E-state index in [9.17, 15) is 14.4 Å². The Morgan fingerprint density at radius 2 is 1.49 bits per heavy atom. The van der Waals surface area contributed by atoms with Crippen LogP contribution in [0.4, 0.5) is 0 Å². The predicted molar refractivity (Wildman–Crippen MR) is 176 cm³/mol. The summed E-state index contributed by atoms with van der Waals surface area (Å²) in [6.45, 7) is 12.9. The van der Waals surface area contributed by atoms with Gasteiger partial charge in [0.2, 0.25) is 0 Å². The molecular formula is C37H37N3O7. The number of carbonyl (C=O) groups is 3. The fraction of sp³-hybridized carbons (Fsp3) is 0.270. The maximum atomic E-state index is 11.6. The number of imidazole rings is 1. The zero-order chi connectivity index (χ0) is 34.0. The van der Waals surface area contributed by atoms with E-state index in [2.05, 4.69) is 53.4 Å². The number of hydrogen-bond acceptors (Lipinski definition) is 9. The summed E-state index contributed by atoms with van der Waals surface area (Å²) in [5.41, 5.74) is 4.09. The standard InChI is InChI=1S/C37H37N3O7/c1-6-28-23-30(17-20-34-39-32(25-46-36(42)8-3)33(40(34)5)26-47-37(43)9-4)38-24-29(28)16-13-27-14-18-31(19-15-27)44-21-11-10-12-22-45-35(41)7-2/h7-9,14-15,18-19,23-24H,2-4,6,10-12,21-22,25-26H2,1,5H3. The summed E-state index contributed by atoms with van der Waals surface area (Å²) in [5, 5.41) is 0. The number of unbranched alkanes of at least 4 members (excludes halogenated alkanes) is 2. The molecule has 10 heteroatoms. The van der Waals surface area contributed by atoms with Crippen molar-refractivity contribution in [2.24, 2.45) is 7.05 Å². The summed E-state index contributed by atoms with van der Waals surface area (Å²) in [6, 6.07) is 9.47. The van der Waals surface area contributed by atoms with Crippen LogP contribution in [0.1, 0.15) is 65.8 Å². The van der Waals surface area contributed by atoms with Gasteiger partial charge >= 0.3 is 17.9 Å². The number of carbonyl (C=O) groups excluding carboxylic acids is 3. The molecule has 0 atom stereocenters. The molecule has 47 heavy (non-hydrogen) atoms. The Hall–Kier alpha value is -5.87. The van der Waals surface area contributed by atoms with Gasteiger partial charge in [0, 0.05) is 42.6 Å². The number of esters is 3. The SMILES string of the molecule is C=CC(=O)OCCCCCOc1ccc(C#Cc2cnc(C#Cc3nc(COC(=O)C=C)c(COC(=O)C=C)n3C)cc2CC)cc1. The molecule has 0 fully saturated rings. The molecule has 0 saturated heterocycles. The van der Waals surface area contributed by atoms with Crippen LogP contribution in [-0.2, 0) is 55.3 Å². The molecule has 0 aliphatic carbocycles. The van der Waals surface area contributed by atoms with E-state index in [0.717, 1.165) is 66.4 Å². The van der Waals surface area contributed by atoms with Crippen molar-refractivity contribution in [3.05, 3.63) is 114 Å². The number of aromatic nitrogens is 3. The van der Waals surface area contributed by atoms with Gasteiger partial charge in [-0.15, -0.1) is 0 Å². The van der Waals surface area contributed by atoms with Crippen LogP contribution in [0.2, 0.25) is 0 Å². The van der Waals surface area contributed by atoms with Crippen LogP contribution in [0.3, 0.4) is 0 Å². The van der Waals surface area contributed by atoms with Crippen molar-refractivity contribution >= 4 is 17.9 Å². The van der Waals surface area contributed by atoms with E-state index in [1.807, 2.05) is 37.3 Å². The number of pyridine rings is 1. The van der Waals surface area contributed by atoms with Crippen molar-refractivity contribution in [2.75, 3.05) is 13.2 Å². The minimum atomic E-state index is -0.604. The Bertz CT molecular complexity index is 1730. The minimum absolute atomic E-state index is 0.101. The molecule has 1 aromatic carbocycles. The van der Waals surface area contributed by atoms with Crippen molar-refractivity contribution in [1.29, 1.82) is 0 Å². The first-order chi connectivity index (χ1) is 22.8. The van der Waals surface area contributed by atoms with Crippen LogP contribution in [0.5, 0.6) is 5.75 Å². The van der Waals surface area contributed by atoms with E-state index < -0.39 is 17.9 Å². The van der Waals surface area contributed by atoms with Crippen LogP contribution in [0.25, 0.3) is 0 Å². The second-order valence-electron chi connectivity index (χ2n) is 9.90. The van der Waals surface area contributed by atoms with Crippen molar-refractivity contribution < 1.29 is 33.3 Å². The van der Waals surface area contributed by atoms with Gasteiger partial charge in [-0.05, 0) is 73.4 Å². The van der Waals surface area contributed by atoms with Crippen LogP contribution < -0.4 is 4.74 Å². The molecule has 242 valence electrons. The number of ether oxygens (including phenoxy) is 4. The number of nitrogens with zero attached hydrogens (tertiary/aromatic N) is 3. The molecule has 0 aliphatic heterocycles. The zero-order valence-electron chi connectivity index (χ0n) is 26.7. The summed E-state index contributed by atoms with van der Waals surface area (Å²) in [6.07, 6.45) is 8.22. The molecule has 3 rings (SSSR count). The maximum Gasteiger partial charge on any atom is 0.330 e. The van der Waals surface area contributed by atoms with E-state index >= 15 is 0 Å². The zero-order valence-corrected chi connectivity index (χ0v) is 26.7. The third kappa shape index (κ3) is 11.5. The van der Waals surface area contributed by atoms with Gasteiger partial charge in [-0.25, -0.2) is 24.4 Å². The van der Waals surface area contributed by atoms with Crippen molar-refractivity contribution in [3.8, 4) is 29.4 Å². The average molecular weight is 636 g/mol. The molecule has 0 unspecified atom stereocenters. The van der Waals surface area contributed by atoms with E-state index in [1.54, 1.807) is 17.8 Å². The lowest BCUT2D eigenvalue weighted by molar-refractivity contribution is -0.140. The molecule has 0 saturated carbocycles. The molecule has 0 radical (unpaired) electrons. The molecule has 2 aromatic heterocycles. The minimum Gasteiger partial charge on any atom is -0.494 e. The summed E-state index contributed by atoms with van der Waals surface area (Å²) in [4.78, 5) is 43.2. The Morgan fingerprint density at radius 1 is 0.830 bits per heavy atom. The van der Waals surface area contributed by atoms with Gasteiger partial charge in [0.1, 0.15) is 30.4 Å². The highest BCUT2D eigenvalue weighted by Crippen LogP contribution is 2.16. The van der Waals surface area contributed by atoms with E-state index in [0.29, 0.717) is 36.1 Å². The lowest BCUT2D eigenvalue weighted by Gasteiger charge is -2.07. The average Bonchev–Trinajstić information content (AvgIpc) is 3.40. The van der Waals surface area contributed by atoms with E-state index in [4.69, 9.17) is 18.9 Å². The highest BCUT2D eigenvalue weighted by molar-refractivity contribution is 5.81.